The van der Waals surface area contributed by atoms with Gasteiger partial charge < -0.3 is 10.1 Å². The Balaban J connectivity index is 1.94. The van der Waals surface area contributed by atoms with Gasteiger partial charge in [0.1, 0.15) is 11.9 Å². The molecule has 20 heavy (non-hydrogen) atoms. The summed E-state index contributed by atoms with van der Waals surface area (Å²) in [7, 11) is 2.05. The second-order valence-corrected chi connectivity index (χ2v) is 6.29. The second kappa shape index (κ2) is 6.62. The molecule has 2 rings (SSSR count). The Labute approximate surface area is 123 Å². The van der Waals surface area contributed by atoms with Crippen molar-refractivity contribution in [3.8, 4) is 5.75 Å². The van der Waals surface area contributed by atoms with E-state index in [-0.39, 0.29) is 5.41 Å². The van der Waals surface area contributed by atoms with Crippen LogP contribution >= 0.6 is 0 Å². The zero-order valence-corrected chi connectivity index (χ0v) is 13.4. The Morgan fingerprint density at radius 1 is 1.25 bits per heavy atom. The maximum absolute atomic E-state index is 6.21. The fourth-order valence-electron chi connectivity index (χ4n) is 3.20. The number of benzene rings is 1. The lowest BCUT2D eigenvalue weighted by Gasteiger charge is -2.53. The van der Waals surface area contributed by atoms with E-state index in [0.717, 1.165) is 18.6 Å². The lowest BCUT2D eigenvalue weighted by atomic mass is 9.61. The smallest absolute Gasteiger partial charge is 0.119 e. The summed E-state index contributed by atoms with van der Waals surface area (Å²) in [5.74, 6) is 1.02. The summed E-state index contributed by atoms with van der Waals surface area (Å²) in [5.41, 5.74) is 1.68. The van der Waals surface area contributed by atoms with Gasteiger partial charge in [-0.3, -0.25) is 0 Å². The first-order chi connectivity index (χ1) is 9.63. The van der Waals surface area contributed by atoms with Crippen LogP contribution in [0.1, 0.15) is 52.0 Å². The van der Waals surface area contributed by atoms with E-state index in [1.165, 1.54) is 24.8 Å². The monoisotopic (exact) mass is 275 g/mol. The van der Waals surface area contributed by atoms with Crippen molar-refractivity contribution < 1.29 is 4.74 Å². The van der Waals surface area contributed by atoms with E-state index in [2.05, 4.69) is 57.4 Å². The van der Waals surface area contributed by atoms with Crippen LogP contribution in [-0.2, 0) is 6.42 Å². The van der Waals surface area contributed by atoms with Gasteiger partial charge in [-0.25, -0.2) is 0 Å². The van der Waals surface area contributed by atoms with E-state index in [1.54, 1.807) is 0 Å². The van der Waals surface area contributed by atoms with Gasteiger partial charge in [-0.15, -0.1) is 0 Å². The molecule has 1 N–H and O–H groups in total. The van der Waals surface area contributed by atoms with E-state index < -0.39 is 0 Å². The number of hydrogen-bond acceptors (Lipinski definition) is 2. The highest BCUT2D eigenvalue weighted by molar-refractivity contribution is 5.28. The summed E-state index contributed by atoms with van der Waals surface area (Å²) in [6, 6.07) is 9.27. The first kappa shape index (κ1) is 15.4. The molecule has 2 nitrogen and oxygen atoms in total. The quantitative estimate of drug-likeness (QED) is 0.806. The average molecular weight is 275 g/mol. The molecule has 1 saturated carbocycles. The van der Waals surface area contributed by atoms with Crippen molar-refractivity contribution in [1.82, 2.24) is 5.32 Å². The van der Waals surface area contributed by atoms with E-state index in [1.807, 2.05) is 0 Å². The number of ether oxygens (including phenoxy) is 1. The zero-order chi connectivity index (χ0) is 14.6. The molecule has 3 atom stereocenters. The second-order valence-electron chi connectivity index (χ2n) is 6.29. The number of unbranched alkanes of at least 4 members (excludes halogenated alkanes) is 1. The predicted octanol–water partition coefficient (Wildman–Crippen LogP) is 4.18. The molecule has 0 heterocycles. The van der Waals surface area contributed by atoms with Crippen LogP contribution in [0, 0.1) is 5.41 Å². The van der Waals surface area contributed by atoms with Gasteiger partial charge in [-0.2, -0.15) is 0 Å². The van der Waals surface area contributed by atoms with Gasteiger partial charge in [0.05, 0.1) is 0 Å². The molecule has 0 spiro atoms. The Morgan fingerprint density at radius 3 is 2.50 bits per heavy atom. The number of aryl methyl sites for hydroxylation is 1. The fraction of sp³-hybridized carbons (Fsp3) is 0.667. The van der Waals surface area contributed by atoms with Gasteiger partial charge in [0, 0.05) is 17.9 Å². The molecule has 0 aromatic heterocycles. The zero-order valence-electron chi connectivity index (χ0n) is 13.4. The standard InChI is InChI=1S/C18H29NO/c1-5-7-8-14-9-11-15(12-10-14)20-17-13-16(19-4)18(17,3)6-2/h9-12,16-17,19H,5-8,13H2,1-4H3. The highest BCUT2D eigenvalue weighted by Gasteiger charge is 2.51. The molecule has 112 valence electrons. The Bertz CT molecular complexity index is 414. The van der Waals surface area contributed by atoms with Crippen LogP contribution < -0.4 is 10.1 Å². The molecule has 1 aliphatic rings. The number of rotatable bonds is 7. The largest absolute Gasteiger partial charge is 0.490 e. The van der Waals surface area contributed by atoms with Crippen LogP contribution in [0.15, 0.2) is 24.3 Å². The van der Waals surface area contributed by atoms with Crippen molar-refractivity contribution in [2.24, 2.45) is 5.41 Å². The van der Waals surface area contributed by atoms with E-state index >= 15 is 0 Å². The third kappa shape index (κ3) is 3.01. The first-order valence-corrected chi connectivity index (χ1v) is 8.07. The van der Waals surface area contributed by atoms with E-state index in [9.17, 15) is 0 Å². The van der Waals surface area contributed by atoms with Crippen LogP contribution in [0.25, 0.3) is 0 Å². The molecular formula is C18H29NO. The normalized spacial score (nSPS) is 29.0. The Hall–Kier alpha value is -1.02. The number of nitrogens with one attached hydrogen (secondary N) is 1. The summed E-state index contributed by atoms with van der Waals surface area (Å²) in [6.45, 7) is 6.82. The predicted molar refractivity (Wildman–Crippen MR) is 85.3 cm³/mol. The van der Waals surface area contributed by atoms with Gasteiger partial charge >= 0.3 is 0 Å². The molecule has 2 heteroatoms. The van der Waals surface area contributed by atoms with Crippen LogP contribution in [0.5, 0.6) is 5.75 Å². The molecule has 0 aliphatic heterocycles. The third-order valence-corrected chi connectivity index (χ3v) is 5.11. The summed E-state index contributed by atoms with van der Waals surface area (Å²) < 4.78 is 6.21. The molecule has 1 aromatic carbocycles. The average Bonchev–Trinajstić information content (AvgIpc) is 2.49. The van der Waals surface area contributed by atoms with Crippen LogP contribution in [0.4, 0.5) is 0 Å². The summed E-state index contributed by atoms with van der Waals surface area (Å²) >= 11 is 0. The minimum atomic E-state index is 0.260. The molecule has 1 fully saturated rings. The van der Waals surface area contributed by atoms with Gasteiger partial charge in [0.15, 0.2) is 0 Å². The van der Waals surface area contributed by atoms with Gasteiger partial charge in [0.2, 0.25) is 0 Å². The van der Waals surface area contributed by atoms with Crippen LogP contribution in [0.3, 0.4) is 0 Å². The SMILES string of the molecule is CCCCc1ccc(OC2CC(NC)C2(C)CC)cc1. The van der Waals surface area contributed by atoms with Crippen molar-refractivity contribution in [2.45, 2.75) is 65.0 Å². The van der Waals surface area contributed by atoms with Crippen LogP contribution in [0.2, 0.25) is 0 Å². The van der Waals surface area contributed by atoms with Crippen molar-refractivity contribution in [1.29, 1.82) is 0 Å². The minimum Gasteiger partial charge on any atom is -0.490 e. The van der Waals surface area contributed by atoms with Gasteiger partial charge in [-0.05, 0) is 44.0 Å². The molecule has 0 amide bonds. The maximum Gasteiger partial charge on any atom is 0.119 e. The minimum absolute atomic E-state index is 0.260. The summed E-state index contributed by atoms with van der Waals surface area (Å²) in [6.07, 6.45) is 6.29. The molecule has 3 unspecified atom stereocenters. The Morgan fingerprint density at radius 2 is 1.95 bits per heavy atom. The van der Waals surface area contributed by atoms with E-state index in [0.29, 0.717) is 12.1 Å². The Kier molecular flexibility index (Phi) is 5.09. The summed E-state index contributed by atoms with van der Waals surface area (Å²) in [4.78, 5) is 0. The van der Waals surface area contributed by atoms with Crippen molar-refractivity contribution in [3.63, 3.8) is 0 Å². The molecular weight excluding hydrogens is 246 g/mol. The first-order valence-electron chi connectivity index (χ1n) is 8.07. The fourth-order valence-corrected chi connectivity index (χ4v) is 3.20. The lowest BCUT2D eigenvalue weighted by Crippen LogP contribution is -2.62. The summed E-state index contributed by atoms with van der Waals surface area (Å²) in [5, 5.41) is 3.41. The third-order valence-electron chi connectivity index (χ3n) is 5.11. The van der Waals surface area contributed by atoms with E-state index in [4.69, 9.17) is 4.74 Å². The van der Waals surface area contributed by atoms with Gasteiger partial charge in [0.25, 0.3) is 0 Å². The molecule has 0 saturated heterocycles. The topological polar surface area (TPSA) is 21.3 Å². The molecule has 0 radical (unpaired) electrons. The molecule has 0 bridgehead atoms. The number of hydrogen-bond donors (Lipinski definition) is 1. The highest BCUT2D eigenvalue weighted by atomic mass is 16.5. The van der Waals surface area contributed by atoms with Gasteiger partial charge in [-0.1, -0.05) is 39.3 Å². The van der Waals surface area contributed by atoms with Crippen molar-refractivity contribution in [2.75, 3.05) is 7.05 Å². The van der Waals surface area contributed by atoms with Crippen molar-refractivity contribution in [3.05, 3.63) is 29.8 Å². The maximum atomic E-state index is 6.21. The highest BCUT2D eigenvalue weighted by Crippen LogP contribution is 2.45. The van der Waals surface area contributed by atoms with Crippen LogP contribution in [-0.4, -0.2) is 19.2 Å². The molecule has 1 aromatic rings. The lowest BCUT2D eigenvalue weighted by molar-refractivity contribution is -0.0677. The van der Waals surface area contributed by atoms with Crippen molar-refractivity contribution >= 4 is 0 Å². The molecule has 1 aliphatic carbocycles.